The van der Waals surface area contributed by atoms with Crippen LogP contribution in [0.4, 0.5) is 0 Å². The molecule has 0 radical (unpaired) electrons. The first-order valence-electron chi connectivity index (χ1n) is 7.76. The minimum absolute atomic E-state index is 0.245. The number of ether oxygens (including phenoxy) is 2. The predicted octanol–water partition coefficient (Wildman–Crippen LogP) is 3.77. The summed E-state index contributed by atoms with van der Waals surface area (Å²) in [6.07, 6.45) is 6.21. The molecule has 0 unspecified atom stereocenters. The van der Waals surface area contributed by atoms with Gasteiger partial charge in [-0.3, -0.25) is 4.84 Å². The number of hydroxylamine groups is 1. The van der Waals surface area contributed by atoms with Crippen molar-refractivity contribution in [3.8, 4) is 17.2 Å². The number of benzene rings is 2. The molecule has 1 aliphatic heterocycles. The number of nitrogens with zero attached hydrogens (tertiary/aromatic N) is 2. The van der Waals surface area contributed by atoms with E-state index in [1.54, 1.807) is 12.4 Å². The molecule has 0 fully saturated rings. The van der Waals surface area contributed by atoms with Crippen molar-refractivity contribution >= 4 is 0 Å². The highest BCUT2D eigenvalue weighted by atomic mass is 16.7. The highest BCUT2D eigenvalue weighted by molar-refractivity contribution is 5.35. The highest BCUT2D eigenvalue weighted by Crippen LogP contribution is 2.28. The van der Waals surface area contributed by atoms with Crippen molar-refractivity contribution < 1.29 is 14.3 Å². The van der Waals surface area contributed by atoms with Gasteiger partial charge in [0.1, 0.15) is 23.9 Å². The van der Waals surface area contributed by atoms with Gasteiger partial charge in [0, 0.05) is 6.08 Å². The van der Waals surface area contributed by atoms with E-state index in [0.29, 0.717) is 11.6 Å². The zero-order valence-electron chi connectivity index (χ0n) is 13.2. The molecule has 0 saturated carbocycles. The molecule has 0 bridgehead atoms. The molecule has 4 rings (SSSR count). The zero-order chi connectivity index (χ0) is 16.9. The molecular formula is C19H15N3O3. The quantitative estimate of drug-likeness (QED) is 0.767. The Balaban J connectivity index is 1.42. The Morgan fingerprint density at radius 3 is 2.28 bits per heavy atom. The first kappa shape index (κ1) is 15.2. The molecule has 1 aromatic heterocycles. The molecule has 0 amide bonds. The lowest BCUT2D eigenvalue weighted by molar-refractivity contribution is 0.0272. The molecular weight excluding hydrogens is 318 g/mol. The predicted molar refractivity (Wildman–Crippen MR) is 90.7 cm³/mol. The third kappa shape index (κ3) is 3.76. The van der Waals surface area contributed by atoms with Gasteiger partial charge >= 0.3 is 0 Å². The van der Waals surface area contributed by atoms with E-state index < -0.39 is 0 Å². The van der Waals surface area contributed by atoms with Crippen LogP contribution >= 0.6 is 0 Å². The van der Waals surface area contributed by atoms with Gasteiger partial charge in [-0.15, -0.1) is 0 Å². The van der Waals surface area contributed by atoms with E-state index >= 15 is 0 Å². The van der Waals surface area contributed by atoms with Gasteiger partial charge < -0.3 is 9.47 Å². The second-order valence-corrected chi connectivity index (χ2v) is 5.33. The Morgan fingerprint density at radius 1 is 0.800 bits per heavy atom. The number of para-hydroxylation sites is 1. The average Bonchev–Trinajstić information content (AvgIpc) is 3.12. The number of aromatic nitrogens is 2. The molecule has 124 valence electrons. The minimum Gasteiger partial charge on any atom is -0.457 e. The lowest BCUT2D eigenvalue weighted by Crippen LogP contribution is -2.12. The molecule has 1 N–H and O–H groups in total. The van der Waals surface area contributed by atoms with Crippen LogP contribution in [0.3, 0.4) is 0 Å². The molecule has 0 aliphatic carbocycles. The molecule has 1 aliphatic rings. The van der Waals surface area contributed by atoms with Crippen molar-refractivity contribution in [2.24, 2.45) is 0 Å². The summed E-state index contributed by atoms with van der Waals surface area (Å²) in [7, 11) is 0. The summed E-state index contributed by atoms with van der Waals surface area (Å²) >= 11 is 0. The third-order valence-electron chi connectivity index (χ3n) is 3.54. The molecule has 3 aromatic rings. The van der Waals surface area contributed by atoms with Crippen molar-refractivity contribution in [3.63, 3.8) is 0 Å². The fourth-order valence-corrected chi connectivity index (χ4v) is 2.36. The standard InChI is InChI=1S/C19H15N3O3/c1-2-4-15(5-3-1)23-16-8-6-14(7-9-16)18-10-19(22-25-18)24-17-11-20-13-21-12-17/h1-13,18,22H/t18-/m1/s1. The van der Waals surface area contributed by atoms with Crippen LogP contribution < -0.4 is 15.0 Å². The molecule has 0 saturated heterocycles. The maximum atomic E-state index is 5.79. The van der Waals surface area contributed by atoms with Gasteiger partial charge in [0.25, 0.3) is 0 Å². The number of rotatable bonds is 5. The average molecular weight is 333 g/mol. The Morgan fingerprint density at radius 2 is 1.52 bits per heavy atom. The summed E-state index contributed by atoms with van der Waals surface area (Å²) in [5.41, 5.74) is 3.74. The Hall–Kier alpha value is -3.38. The summed E-state index contributed by atoms with van der Waals surface area (Å²) in [4.78, 5) is 13.3. The SMILES string of the molecule is C1=C(Oc2cncnc2)NO[C@H]1c1ccc(Oc2ccccc2)cc1. The van der Waals surface area contributed by atoms with E-state index in [4.69, 9.17) is 14.3 Å². The monoisotopic (exact) mass is 333 g/mol. The smallest absolute Gasteiger partial charge is 0.216 e. The molecule has 6 heteroatoms. The van der Waals surface area contributed by atoms with Crippen LogP contribution in [-0.2, 0) is 4.84 Å². The van der Waals surface area contributed by atoms with Crippen molar-refractivity contribution in [2.45, 2.75) is 6.10 Å². The van der Waals surface area contributed by atoms with Gasteiger partial charge in [-0.2, -0.15) is 0 Å². The van der Waals surface area contributed by atoms with Crippen molar-refractivity contribution in [2.75, 3.05) is 0 Å². The van der Waals surface area contributed by atoms with Gasteiger partial charge in [0.2, 0.25) is 5.88 Å². The third-order valence-corrected chi connectivity index (χ3v) is 3.54. The normalized spacial score (nSPS) is 16.0. The topological polar surface area (TPSA) is 65.5 Å². The fraction of sp³-hybridized carbons (Fsp3) is 0.0526. The van der Waals surface area contributed by atoms with Crippen molar-refractivity contribution in [1.29, 1.82) is 0 Å². The molecule has 2 aromatic carbocycles. The second kappa shape index (κ2) is 7.02. The summed E-state index contributed by atoms with van der Waals surface area (Å²) in [5, 5.41) is 0. The van der Waals surface area contributed by atoms with Gasteiger partial charge in [-0.05, 0) is 29.8 Å². The van der Waals surface area contributed by atoms with Crippen LogP contribution in [0, 0.1) is 0 Å². The van der Waals surface area contributed by atoms with Crippen LogP contribution in [0.25, 0.3) is 0 Å². The first-order chi connectivity index (χ1) is 12.4. The summed E-state index contributed by atoms with van der Waals surface area (Å²) in [5.74, 6) is 2.61. The number of hydrogen-bond acceptors (Lipinski definition) is 6. The van der Waals surface area contributed by atoms with E-state index in [-0.39, 0.29) is 6.10 Å². The van der Waals surface area contributed by atoms with Gasteiger partial charge in [-0.25, -0.2) is 15.4 Å². The van der Waals surface area contributed by atoms with E-state index in [9.17, 15) is 0 Å². The van der Waals surface area contributed by atoms with Crippen LogP contribution in [0.5, 0.6) is 17.2 Å². The number of nitrogens with one attached hydrogen (secondary N) is 1. The molecule has 0 spiro atoms. The Labute approximate surface area is 144 Å². The molecule has 1 atom stereocenters. The van der Waals surface area contributed by atoms with Crippen LogP contribution in [0.1, 0.15) is 11.7 Å². The lowest BCUT2D eigenvalue weighted by atomic mass is 10.1. The van der Waals surface area contributed by atoms with E-state index in [2.05, 4.69) is 15.4 Å². The van der Waals surface area contributed by atoms with Crippen LogP contribution in [0.2, 0.25) is 0 Å². The summed E-state index contributed by atoms with van der Waals surface area (Å²) in [6.45, 7) is 0. The largest absolute Gasteiger partial charge is 0.457 e. The maximum Gasteiger partial charge on any atom is 0.216 e. The maximum absolute atomic E-state index is 5.79. The van der Waals surface area contributed by atoms with Crippen LogP contribution in [-0.4, -0.2) is 9.97 Å². The highest BCUT2D eigenvalue weighted by Gasteiger charge is 2.20. The molecule has 2 heterocycles. The van der Waals surface area contributed by atoms with Gasteiger partial charge in [0.05, 0.1) is 12.4 Å². The first-order valence-corrected chi connectivity index (χ1v) is 7.76. The summed E-state index contributed by atoms with van der Waals surface area (Å²) < 4.78 is 11.4. The Kier molecular flexibility index (Phi) is 4.26. The van der Waals surface area contributed by atoms with Gasteiger partial charge in [0.15, 0.2) is 5.75 Å². The van der Waals surface area contributed by atoms with Crippen molar-refractivity contribution in [1.82, 2.24) is 15.4 Å². The molecule has 6 nitrogen and oxygen atoms in total. The fourth-order valence-electron chi connectivity index (χ4n) is 2.36. The Bertz CT molecular complexity index is 852. The molecule has 25 heavy (non-hydrogen) atoms. The summed E-state index contributed by atoms with van der Waals surface area (Å²) in [6, 6.07) is 17.4. The minimum atomic E-state index is -0.245. The van der Waals surface area contributed by atoms with Crippen LogP contribution in [0.15, 0.2) is 85.3 Å². The lowest BCUT2D eigenvalue weighted by Gasteiger charge is -2.09. The van der Waals surface area contributed by atoms with Crippen molar-refractivity contribution in [3.05, 3.63) is 90.8 Å². The van der Waals surface area contributed by atoms with E-state index in [0.717, 1.165) is 17.1 Å². The zero-order valence-corrected chi connectivity index (χ0v) is 13.2. The van der Waals surface area contributed by atoms with Gasteiger partial charge in [-0.1, -0.05) is 30.3 Å². The van der Waals surface area contributed by atoms with E-state index in [1.165, 1.54) is 6.33 Å². The second-order valence-electron chi connectivity index (χ2n) is 5.33. The van der Waals surface area contributed by atoms with E-state index in [1.807, 2.05) is 60.7 Å². The number of hydrogen-bond donors (Lipinski definition) is 1.